The molecule has 0 spiro atoms. The summed E-state index contributed by atoms with van der Waals surface area (Å²) in [4.78, 5) is 39.4. The highest BCUT2D eigenvalue weighted by Gasteiger charge is 2.39. The number of nitrogens with zero attached hydrogens (tertiary/aromatic N) is 1. The molecule has 6 nitrogen and oxygen atoms in total. The van der Waals surface area contributed by atoms with Gasteiger partial charge in [0.25, 0.3) is 0 Å². The molecule has 0 bridgehead atoms. The number of thiazole rings is 1. The molecule has 2 rings (SSSR count). The second-order valence-electron chi connectivity index (χ2n) is 5.05. The summed E-state index contributed by atoms with van der Waals surface area (Å²) in [6.07, 6.45) is 0. The molecule has 0 aliphatic carbocycles. The molecule has 1 fully saturated rings. The average Bonchev–Trinajstić information content (AvgIpc) is 2.74. The van der Waals surface area contributed by atoms with Gasteiger partial charge in [-0.15, -0.1) is 0 Å². The smallest absolute Gasteiger partial charge is 0.304 e. The van der Waals surface area contributed by atoms with E-state index in [1.54, 1.807) is 12.3 Å². The van der Waals surface area contributed by atoms with Gasteiger partial charge in [-0.2, -0.15) is 0 Å². The second-order valence-corrected chi connectivity index (χ2v) is 5.89. The van der Waals surface area contributed by atoms with E-state index in [1.165, 1.54) is 4.90 Å². The van der Waals surface area contributed by atoms with Crippen molar-refractivity contribution in [2.45, 2.75) is 39.4 Å². The van der Waals surface area contributed by atoms with Crippen LogP contribution in [-0.2, 0) is 16.1 Å². The Morgan fingerprint density at radius 2 is 2.05 bits per heavy atom. The van der Waals surface area contributed by atoms with Crippen molar-refractivity contribution in [1.82, 2.24) is 15.2 Å². The van der Waals surface area contributed by atoms with E-state index in [9.17, 15) is 14.4 Å². The highest BCUT2D eigenvalue weighted by Crippen LogP contribution is 2.17. The molecule has 2 heterocycles. The number of amides is 2. The van der Waals surface area contributed by atoms with E-state index in [0.717, 1.165) is 11.3 Å². The first-order valence-corrected chi connectivity index (χ1v) is 7.05. The number of aromatic nitrogens is 1. The fraction of sp³-hybridized carbons (Fsp3) is 0.583. The summed E-state index contributed by atoms with van der Waals surface area (Å²) in [7, 11) is 0. The Morgan fingerprint density at radius 3 is 2.58 bits per heavy atom. The zero-order valence-electron chi connectivity index (χ0n) is 11.1. The average molecular weight is 283 g/mol. The lowest BCUT2D eigenvalue weighted by atomic mass is 9.98. The van der Waals surface area contributed by atoms with Gasteiger partial charge in [0.1, 0.15) is 12.1 Å². The van der Waals surface area contributed by atoms with Gasteiger partial charge in [-0.25, -0.2) is 0 Å². The van der Waals surface area contributed by atoms with Crippen LogP contribution in [0.1, 0.15) is 26.5 Å². The quantitative estimate of drug-likeness (QED) is 0.837. The van der Waals surface area contributed by atoms with Crippen LogP contribution < -0.4 is 10.2 Å². The third-order valence-electron chi connectivity index (χ3n) is 3.27. The SMILES string of the molecule is CC(C)C1NC(=O)C(C)N(Cc2csc(=O)[nH]2)C1=O. The monoisotopic (exact) mass is 283 g/mol. The van der Waals surface area contributed by atoms with Crippen molar-refractivity contribution >= 4 is 23.2 Å². The zero-order valence-corrected chi connectivity index (χ0v) is 11.9. The summed E-state index contributed by atoms with van der Waals surface area (Å²) in [5, 5.41) is 4.42. The van der Waals surface area contributed by atoms with Crippen molar-refractivity contribution < 1.29 is 9.59 Å². The van der Waals surface area contributed by atoms with Crippen LogP contribution in [0.3, 0.4) is 0 Å². The third kappa shape index (κ3) is 2.70. The molecule has 2 atom stereocenters. The number of aromatic amines is 1. The molecule has 2 N–H and O–H groups in total. The van der Waals surface area contributed by atoms with E-state index in [4.69, 9.17) is 0 Å². The van der Waals surface area contributed by atoms with Crippen LogP contribution in [-0.4, -0.2) is 33.8 Å². The maximum absolute atomic E-state index is 12.4. The molecule has 1 aromatic rings. The van der Waals surface area contributed by atoms with E-state index in [0.29, 0.717) is 5.69 Å². The Hall–Kier alpha value is -1.63. The standard InChI is InChI=1S/C12H17N3O3S/c1-6(2)9-11(17)15(7(3)10(16)14-9)4-8-5-19-12(18)13-8/h5-7,9H,4H2,1-3H3,(H,13,18)(H,14,16). The Morgan fingerprint density at radius 1 is 1.37 bits per heavy atom. The fourth-order valence-electron chi connectivity index (χ4n) is 2.09. The lowest BCUT2D eigenvalue weighted by molar-refractivity contribution is -0.150. The largest absolute Gasteiger partial charge is 0.342 e. The van der Waals surface area contributed by atoms with Gasteiger partial charge >= 0.3 is 4.87 Å². The molecular weight excluding hydrogens is 266 g/mol. The Balaban J connectivity index is 2.22. The number of carbonyl (C=O) groups excluding carboxylic acids is 2. The fourth-order valence-corrected chi connectivity index (χ4v) is 2.66. The van der Waals surface area contributed by atoms with Crippen molar-refractivity contribution in [3.8, 4) is 0 Å². The molecule has 0 radical (unpaired) electrons. The van der Waals surface area contributed by atoms with E-state index in [1.807, 2.05) is 13.8 Å². The van der Waals surface area contributed by atoms with Crippen LogP contribution in [0.2, 0.25) is 0 Å². The molecule has 0 aromatic carbocycles. The van der Waals surface area contributed by atoms with Crippen LogP contribution in [0.25, 0.3) is 0 Å². The first-order valence-electron chi connectivity index (χ1n) is 6.17. The van der Waals surface area contributed by atoms with Gasteiger partial charge < -0.3 is 15.2 Å². The predicted molar refractivity (Wildman–Crippen MR) is 71.7 cm³/mol. The van der Waals surface area contributed by atoms with Crippen LogP contribution in [0.5, 0.6) is 0 Å². The number of nitrogens with one attached hydrogen (secondary N) is 2. The highest BCUT2D eigenvalue weighted by atomic mass is 32.1. The van der Waals surface area contributed by atoms with E-state index >= 15 is 0 Å². The van der Waals surface area contributed by atoms with E-state index in [-0.39, 0.29) is 29.1 Å². The molecule has 1 saturated heterocycles. The van der Waals surface area contributed by atoms with Gasteiger partial charge in [0.2, 0.25) is 11.8 Å². The van der Waals surface area contributed by atoms with Crippen LogP contribution in [0.15, 0.2) is 10.2 Å². The van der Waals surface area contributed by atoms with Gasteiger partial charge in [-0.05, 0) is 12.8 Å². The summed E-state index contributed by atoms with van der Waals surface area (Å²) in [6.45, 7) is 5.73. The normalized spacial score (nSPS) is 23.9. The Kier molecular flexibility index (Phi) is 3.75. The molecule has 0 saturated carbocycles. The van der Waals surface area contributed by atoms with Gasteiger partial charge in [0.05, 0.1) is 6.54 Å². The van der Waals surface area contributed by atoms with Gasteiger partial charge in [-0.3, -0.25) is 14.4 Å². The number of rotatable bonds is 3. The number of hydrogen-bond donors (Lipinski definition) is 2. The number of piperazine rings is 1. The molecule has 2 amide bonds. The summed E-state index contributed by atoms with van der Waals surface area (Å²) in [5.74, 6) is -0.224. The minimum atomic E-state index is -0.522. The van der Waals surface area contributed by atoms with Crippen molar-refractivity contribution in [2.24, 2.45) is 5.92 Å². The number of H-pyrrole nitrogens is 1. The molecule has 1 aromatic heterocycles. The van der Waals surface area contributed by atoms with Crippen LogP contribution >= 0.6 is 11.3 Å². The molecular formula is C12H17N3O3S. The maximum atomic E-state index is 12.4. The Bertz CT molecular complexity index is 548. The van der Waals surface area contributed by atoms with Crippen molar-refractivity contribution in [3.63, 3.8) is 0 Å². The zero-order chi connectivity index (χ0) is 14.2. The van der Waals surface area contributed by atoms with Crippen molar-refractivity contribution in [2.75, 3.05) is 0 Å². The van der Waals surface area contributed by atoms with Crippen LogP contribution in [0, 0.1) is 5.92 Å². The molecule has 19 heavy (non-hydrogen) atoms. The second kappa shape index (κ2) is 5.16. The Labute approximate surface area is 114 Å². The minimum Gasteiger partial charge on any atom is -0.342 e. The van der Waals surface area contributed by atoms with E-state index < -0.39 is 12.1 Å². The van der Waals surface area contributed by atoms with Crippen molar-refractivity contribution in [3.05, 3.63) is 20.7 Å². The van der Waals surface area contributed by atoms with Gasteiger partial charge in [-0.1, -0.05) is 25.2 Å². The predicted octanol–water partition coefficient (Wildman–Crippen LogP) is 0.308. The summed E-state index contributed by atoms with van der Waals surface area (Å²) in [6, 6.07) is -1.01. The molecule has 1 aliphatic rings. The first-order chi connectivity index (χ1) is 8.90. The summed E-state index contributed by atoms with van der Waals surface area (Å²) >= 11 is 1.05. The lowest BCUT2D eigenvalue weighted by Gasteiger charge is -2.38. The minimum absolute atomic E-state index is 0.0352. The highest BCUT2D eigenvalue weighted by molar-refractivity contribution is 7.07. The molecule has 7 heteroatoms. The topological polar surface area (TPSA) is 82.3 Å². The molecule has 2 unspecified atom stereocenters. The molecule has 1 aliphatic heterocycles. The number of carbonyl (C=O) groups is 2. The maximum Gasteiger partial charge on any atom is 0.304 e. The van der Waals surface area contributed by atoms with E-state index in [2.05, 4.69) is 10.3 Å². The lowest BCUT2D eigenvalue weighted by Crippen LogP contribution is -2.63. The summed E-state index contributed by atoms with van der Waals surface area (Å²) in [5.41, 5.74) is 0.660. The van der Waals surface area contributed by atoms with Gasteiger partial charge in [0.15, 0.2) is 0 Å². The van der Waals surface area contributed by atoms with Gasteiger partial charge in [0, 0.05) is 11.1 Å². The first kappa shape index (κ1) is 13.8. The summed E-state index contributed by atoms with van der Waals surface area (Å²) < 4.78 is 0. The van der Waals surface area contributed by atoms with Crippen LogP contribution in [0.4, 0.5) is 0 Å². The number of hydrogen-bond acceptors (Lipinski definition) is 4. The van der Waals surface area contributed by atoms with Crippen molar-refractivity contribution in [1.29, 1.82) is 0 Å². The third-order valence-corrected chi connectivity index (χ3v) is 3.99. The molecule has 104 valence electrons.